The molecule has 0 aliphatic heterocycles. The standard InChI is InChI=1S/C8H11NO2/c1-3-7-4-8(5-9-10)11-6(7)2/h4-5,10H,3H2,1-2H3/b9-5-. The van der Waals surface area contributed by atoms with Crippen molar-refractivity contribution in [1.82, 2.24) is 0 Å². The van der Waals surface area contributed by atoms with Crippen molar-refractivity contribution in [2.45, 2.75) is 20.3 Å². The Bertz CT molecular complexity index is 263. The van der Waals surface area contributed by atoms with Gasteiger partial charge in [0.15, 0.2) is 0 Å². The first-order valence-electron chi connectivity index (χ1n) is 3.54. The number of rotatable bonds is 2. The number of hydrogen-bond donors (Lipinski definition) is 1. The first kappa shape index (κ1) is 7.85. The van der Waals surface area contributed by atoms with Crippen molar-refractivity contribution in [3.05, 3.63) is 23.2 Å². The summed E-state index contributed by atoms with van der Waals surface area (Å²) in [6.07, 6.45) is 2.22. The Hall–Kier alpha value is -1.25. The normalized spacial score (nSPS) is 11.1. The number of nitrogens with zero attached hydrogens (tertiary/aromatic N) is 1. The second kappa shape index (κ2) is 3.23. The smallest absolute Gasteiger partial charge is 0.148 e. The third kappa shape index (κ3) is 1.61. The third-order valence-electron chi connectivity index (χ3n) is 1.61. The molecule has 0 aliphatic rings. The molecule has 1 aromatic rings. The maximum atomic E-state index is 8.20. The van der Waals surface area contributed by atoms with Crippen LogP contribution >= 0.6 is 0 Å². The van der Waals surface area contributed by atoms with Crippen LogP contribution in [0.15, 0.2) is 15.6 Å². The van der Waals surface area contributed by atoms with E-state index in [9.17, 15) is 0 Å². The van der Waals surface area contributed by atoms with Gasteiger partial charge in [0.05, 0.1) is 0 Å². The minimum absolute atomic E-state index is 0.599. The second-order valence-corrected chi connectivity index (χ2v) is 2.33. The van der Waals surface area contributed by atoms with E-state index in [1.54, 1.807) is 0 Å². The molecule has 0 spiro atoms. The Balaban J connectivity index is 2.95. The second-order valence-electron chi connectivity index (χ2n) is 2.33. The Morgan fingerprint density at radius 3 is 2.91 bits per heavy atom. The van der Waals surface area contributed by atoms with Gasteiger partial charge < -0.3 is 9.62 Å². The van der Waals surface area contributed by atoms with Crippen LogP contribution in [0.25, 0.3) is 0 Å². The van der Waals surface area contributed by atoms with E-state index in [1.165, 1.54) is 6.21 Å². The summed E-state index contributed by atoms with van der Waals surface area (Å²) in [6, 6.07) is 1.87. The molecule has 1 aromatic heterocycles. The van der Waals surface area contributed by atoms with E-state index in [1.807, 2.05) is 13.0 Å². The molecule has 0 atom stereocenters. The summed E-state index contributed by atoms with van der Waals surface area (Å²) in [7, 11) is 0. The molecular formula is C8H11NO2. The highest BCUT2D eigenvalue weighted by molar-refractivity contribution is 5.75. The Kier molecular flexibility index (Phi) is 2.31. The van der Waals surface area contributed by atoms with Gasteiger partial charge in [0.1, 0.15) is 17.7 Å². The van der Waals surface area contributed by atoms with Gasteiger partial charge in [-0.15, -0.1) is 0 Å². The van der Waals surface area contributed by atoms with Gasteiger partial charge in [0, 0.05) is 0 Å². The van der Waals surface area contributed by atoms with Crippen LogP contribution in [0.3, 0.4) is 0 Å². The topological polar surface area (TPSA) is 45.7 Å². The molecule has 11 heavy (non-hydrogen) atoms. The summed E-state index contributed by atoms with van der Waals surface area (Å²) in [5, 5.41) is 11.1. The summed E-state index contributed by atoms with van der Waals surface area (Å²) in [6.45, 7) is 3.95. The molecule has 0 aromatic carbocycles. The Morgan fingerprint density at radius 1 is 1.73 bits per heavy atom. The van der Waals surface area contributed by atoms with Crippen LogP contribution in [-0.4, -0.2) is 11.4 Å². The average molecular weight is 153 g/mol. The van der Waals surface area contributed by atoms with E-state index >= 15 is 0 Å². The summed E-state index contributed by atoms with van der Waals surface area (Å²) in [5.74, 6) is 1.49. The highest BCUT2D eigenvalue weighted by atomic mass is 16.4. The van der Waals surface area contributed by atoms with Crippen LogP contribution in [0.5, 0.6) is 0 Å². The summed E-state index contributed by atoms with van der Waals surface area (Å²) < 4.78 is 5.24. The lowest BCUT2D eigenvalue weighted by molar-refractivity contribution is 0.320. The molecule has 1 rings (SSSR count). The van der Waals surface area contributed by atoms with E-state index in [0.29, 0.717) is 5.76 Å². The fourth-order valence-corrected chi connectivity index (χ4v) is 1.02. The van der Waals surface area contributed by atoms with Crippen molar-refractivity contribution in [3.8, 4) is 0 Å². The summed E-state index contributed by atoms with van der Waals surface area (Å²) >= 11 is 0. The van der Waals surface area contributed by atoms with Crippen molar-refractivity contribution >= 4 is 6.21 Å². The van der Waals surface area contributed by atoms with Crippen LogP contribution in [0, 0.1) is 6.92 Å². The van der Waals surface area contributed by atoms with Gasteiger partial charge >= 0.3 is 0 Å². The summed E-state index contributed by atoms with van der Waals surface area (Å²) in [4.78, 5) is 0. The summed E-state index contributed by atoms with van der Waals surface area (Å²) in [5.41, 5.74) is 1.15. The molecule has 0 saturated carbocycles. The van der Waals surface area contributed by atoms with Gasteiger partial charge in [-0.3, -0.25) is 0 Å². The van der Waals surface area contributed by atoms with Gasteiger partial charge in [-0.25, -0.2) is 0 Å². The van der Waals surface area contributed by atoms with Crippen LogP contribution in [0.1, 0.15) is 24.0 Å². The maximum Gasteiger partial charge on any atom is 0.148 e. The highest BCUT2D eigenvalue weighted by Gasteiger charge is 2.02. The van der Waals surface area contributed by atoms with Crippen molar-refractivity contribution in [2.75, 3.05) is 0 Å². The molecule has 1 heterocycles. The minimum atomic E-state index is 0.599. The van der Waals surface area contributed by atoms with Crippen LogP contribution < -0.4 is 0 Å². The predicted octanol–water partition coefficient (Wildman–Crippen LogP) is 1.96. The molecule has 0 aliphatic carbocycles. The first-order valence-corrected chi connectivity index (χ1v) is 3.54. The number of hydrogen-bond acceptors (Lipinski definition) is 3. The van der Waals surface area contributed by atoms with E-state index in [2.05, 4.69) is 12.1 Å². The zero-order valence-electron chi connectivity index (χ0n) is 6.66. The van der Waals surface area contributed by atoms with Crippen molar-refractivity contribution in [2.24, 2.45) is 5.16 Å². The fraction of sp³-hybridized carbons (Fsp3) is 0.375. The molecule has 0 saturated heterocycles. The lowest BCUT2D eigenvalue weighted by atomic mass is 10.2. The number of oxime groups is 1. The van der Waals surface area contributed by atoms with Crippen molar-refractivity contribution in [3.63, 3.8) is 0 Å². The highest BCUT2D eigenvalue weighted by Crippen LogP contribution is 2.13. The van der Waals surface area contributed by atoms with Crippen LogP contribution in [0.2, 0.25) is 0 Å². The number of furan rings is 1. The maximum absolute atomic E-state index is 8.20. The SMILES string of the molecule is CCc1cc(/C=N\O)oc1C. The first-order chi connectivity index (χ1) is 5.27. The van der Waals surface area contributed by atoms with E-state index in [0.717, 1.165) is 17.7 Å². The molecular weight excluding hydrogens is 142 g/mol. The molecule has 0 unspecified atom stereocenters. The monoisotopic (exact) mass is 153 g/mol. The quantitative estimate of drug-likeness (QED) is 0.401. The van der Waals surface area contributed by atoms with Gasteiger partial charge in [-0.2, -0.15) is 0 Å². The van der Waals surface area contributed by atoms with E-state index in [4.69, 9.17) is 9.62 Å². The molecule has 60 valence electrons. The van der Waals surface area contributed by atoms with E-state index < -0.39 is 0 Å². The molecule has 0 bridgehead atoms. The fourth-order valence-electron chi connectivity index (χ4n) is 1.02. The Morgan fingerprint density at radius 2 is 2.45 bits per heavy atom. The Labute approximate surface area is 65.3 Å². The minimum Gasteiger partial charge on any atom is -0.460 e. The third-order valence-corrected chi connectivity index (χ3v) is 1.61. The van der Waals surface area contributed by atoms with Crippen LogP contribution in [-0.2, 0) is 6.42 Å². The zero-order valence-corrected chi connectivity index (χ0v) is 6.66. The van der Waals surface area contributed by atoms with Gasteiger partial charge in [0.2, 0.25) is 0 Å². The molecule has 3 heteroatoms. The van der Waals surface area contributed by atoms with Gasteiger partial charge in [-0.1, -0.05) is 12.1 Å². The molecule has 0 fully saturated rings. The molecule has 0 amide bonds. The molecule has 3 nitrogen and oxygen atoms in total. The number of aryl methyl sites for hydroxylation is 2. The van der Waals surface area contributed by atoms with Crippen molar-refractivity contribution < 1.29 is 9.62 Å². The lowest BCUT2D eigenvalue weighted by Crippen LogP contribution is -1.75. The predicted molar refractivity (Wildman–Crippen MR) is 42.2 cm³/mol. The lowest BCUT2D eigenvalue weighted by Gasteiger charge is -1.86. The van der Waals surface area contributed by atoms with E-state index in [-0.39, 0.29) is 0 Å². The van der Waals surface area contributed by atoms with Gasteiger partial charge in [-0.05, 0) is 25.0 Å². The largest absolute Gasteiger partial charge is 0.460 e. The van der Waals surface area contributed by atoms with Crippen molar-refractivity contribution in [1.29, 1.82) is 0 Å². The zero-order chi connectivity index (χ0) is 8.27. The molecule has 1 N–H and O–H groups in total. The van der Waals surface area contributed by atoms with Gasteiger partial charge in [0.25, 0.3) is 0 Å². The van der Waals surface area contributed by atoms with Crippen LogP contribution in [0.4, 0.5) is 0 Å². The average Bonchev–Trinajstić information content (AvgIpc) is 2.32. The molecule has 0 radical (unpaired) electrons.